The fraction of sp³-hybridized carbons (Fsp3) is 0.500. The normalized spacial score (nSPS) is 16.3. The maximum atomic E-state index is 12.1. The van der Waals surface area contributed by atoms with Crippen molar-refractivity contribution in [3.63, 3.8) is 0 Å². The van der Waals surface area contributed by atoms with Gasteiger partial charge in [-0.3, -0.25) is 9.89 Å². The summed E-state index contributed by atoms with van der Waals surface area (Å²) in [4.78, 5) is 14.5. The first kappa shape index (κ1) is 21.3. The Balaban J connectivity index is 1.79. The van der Waals surface area contributed by atoms with Crippen LogP contribution in [-0.2, 0) is 11.2 Å². The number of carbonyl (C=O) groups is 1. The number of piperidine rings is 1. The number of rotatable bonds is 10. The Hall–Kier alpha value is -2.05. The van der Waals surface area contributed by atoms with Crippen LogP contribution >= 0.6 is 11.6 Å². The molecule has 7 heteroatoms. The fourth-order valence-corrected chi connectivity index (χ4v) is 3.19. The van der Waals surface area contributed by atoms with Gasteiger partial charge >= 0.3 is 0 Å². The topological polar surface area (TPSA) is 81.2 Å². The van der Waals surface area contributed by atoms with E-state index >= 15 is 0 Å². The average molecular weight is 393 g/mol. The minimum absolute atomic E-state index is 0.0301. The van der Waals surface area contributed by atoms with Crippen LogP contribution in [0, 0.1) is 0 Å². The van der Waals surface area contributed by atoms with E-state index < -0.39 is 0 Å². The molecule has 0 aromatic carbocycles. The monoisotopic (exact) mass is 392 g/mol. The molecule has 27 heavy (non-hydrogen) atoms. The first-order chi connectivity index (χ1) is 13.1. The molecule has 2 rings (SSSR count). The smallest absolute Gasteiger partial charge is 0.225 e. The molecule has 0 atom stereocenters. The predicted octanol–water partition coefficient (Wildman–Crippen LogP) is 3.95. The molecular weight excluding hydrogens is 364 g/mol. The third-order valence-corrected chi connectivity index (χ3v) is 4.72. The van der Waals surface area contributed by atoms with Crippen molar-refractivity contribution in [3.8, 4) is 0 Å². The number of likely N-dealkylation sites (tertiary alicyclic amines) is 1. The Kier molecular flexibility index (Phi) is 9.15. The molecule has 2 heterocycles. The van der Waals surface area contributed by atoms with Crippen LogP contribution in [0.5, 0.6) is 0 Å². The second-order valence-electron chi connectivity index (χ2n) is 6.68. The number of H-pyrrole nitrogens is 1. The highest BCUT2D eigenvalue weighted by Gasteiger charge is 2.11. The molecule has 1 amide bonds. The molecule has 0 spiro atoms. The van der Waals surface area contributed by atoms with E-state index in [2.05, 4.69) is 27.0 Å². The second-order valence-corrected chi connectivity index (χ2v) is 6.99. The molecule has 3 N–H and O–H groups in total. The number of alkyl halides is 1. The van der Waals surface area contributed by atoms with Crippen LogP contribution in [0.25, 0.3) is 0 Å². The Morgan fingerprint density at radius 2 is 2.19 bits per heavy atom. The summed E-state index contributed by atoms with van der Waals surface area (Å²) in [7, 11) is 0. The van der Waals surface area contributed by atoms with E-state index in [0.29, 0.717) is 30.1 Å². The summed E-state index contributed by atoms with van der Waals surface area (Å²) in [5.41, 5.74) is 1.43. The maximum absolute atomic E-state index is 12.1. The van der Waals surface area contributed by atoms with E-state index in [0.717, 1.165) is 31.7 Å². The highest BCUT2D eigenvalue weighted by atomic mass is 35.5. The lowest BCUT2D eigenvalue weighted by molar-refractivity contribution is -0.116. The second kappa shape index (κ2) is 11.6. The van der Waals surface area contributed by atoms with Gasteiger partial charge in [0.05, 0.1) is 0 Å². The first-order valence-corrected chi connectivity index (χ1v) is 9.99. The third-order valence-electron chi connectivity index (χ3n) is 4.55. The van der Waals surface area contributed by atoms with E-state index in [1.165, 1.54) is 19.3 Å². The van der Waals surface area contributed by atoms with E-state index in [1.807, 2.05) is 0 Å². The fourth-order valence-electron chi connectivity index (χ4n) is 3.10. The van der Waals surface area contributed by atoms with Crippen LogP contribution in [0.4, 0.5) is 5.82 Å². The molecule has 0 bridgehead atoms. The van der Waals surface area contributed by atoms with Crippen LogP contribution < -0.4 is 5.32 Å². The Bertz CT molecular complexity index is 675. The number of carbonyl (C=O) groups excluding carboxylic acids is 1. The van der Waals surface area contributed by atoms with Gasteiger partial charge in [0.1, 0.15) is 5.76 Å². The summed E-state index contributed by atoms with van der Waals surface area (Å²) in [6, 6.07) is 1.77. The number of amides is 1. The zero-order chi connectivity index (χ0) is 19.5. The number of aliphatic hydroxyl groups is 1. The highest BCUT2D eigenvalue weighted by Crippen LogP contribution is 2.15. The number of hydrogen-bond acceptors (Lipinski definition) is 4. The lowest BCUT2D eigenvalue weighted by Crippen LogP contribution is -2.31. The number of hydrogen-bond donors (Lipinski definition) is 3. The van der Waals surface area contributed by atoms with Crippen molar-refractivity contribution in [2.45, 2.75) is 38.5 Å². The van der Waals surface area contributed by atoms with Crippen molar-refractivity contribution in [1.29, 1.82) is 0 Å². The molecule has 1 aromatic heterocycles. The summed E-state index contributed by atoms with van der Waals surface area (Å²) in [6.45, 7) is 6.99. The third kappa shape index (κ3) is 7.61. The van der Waals surface area contributed by atoms with Crippen LogP contribution in [0.3, 0.4) is 0 Å². The number of allylic oxidation sites excluding steroid dienone is 4. The zero-order valence-electron chi connectivity index (χ0n) is 15.7. The van der Waals surface area contributed by atoms with E-state index in [4.69, 9.17) is 11.6 Å². The van der Waals surface area contributed by atoms with E-state index in [9.17, 15) is 9.90 Å². The molecule has 1 aliphatic heterocycles. The number of anilines is 1. The molecule has 0 radical (unpaired) electrons. The first-order valence-electron chi connectivity index (χ1n) is 9.46. The molecule has 1 fully saturated rings. The quantitative estimate of drug-likeness (QED) is 0.320. The summed E-state index contributed by atoms with van der Waals surface area (Å²) in [5.74, 6) is 0.903. The largest absolute Gasteiger partial charge is 0.508 e. The number of aromatic amines is 1. The standard InChI is InChI=1S/C20H29ClN4O2/c1-2-16(18(26)8-6-10-21)14-17-15-19(24-23-17)22-20(27)9-7-13-25-11-4-3-5-12-25/h2,6,8,15,26H,1,3-5,7,9-14H2,(H2,22,23,24,27)/b8-6-,18-16-. The van der Waals surface area contributed by atoms with Crippen molar-refractivity contribution in [1.82, 2.24) is 15.1 Å². The summed E-state index contributed by atoms with van der Waals surface area (Å²) in [5, 5.41) is 19.8. The number of halogens is 1. The molecule has 1 aromatic rings. The number of nitrogens with zero attached hydrogens (tertiary/aromatic N) is 2. The maximum Gasteiger partial charge on any atom is 0.225 e. The van der Waals surface area contributed by atoms with Crippen LogP contribution in [-0.4, -0.2) is 51.6 Å². The van der Waals surface area contributed by atoms with Crippen LogP contribution in [0.1, 0.15) is 37.8 Å². The zero-order valence-corrected chi connectivity index (χ0v) is 16.5. The van der Waals surface area contributed by atoms with Gasteiger partial charge in [-0.2, -0.15) is 5.10 Å². The molecule has 1 saturated heterocycles. The van der Waals surface area contributed by atoms with Crippen LogP contribution in [0.2, 0.25) is 0 Å². The lowest BCUT2D eigenvalue weighted by atomic mass is 10.1. The van der Waals surface area contributed by atoms with Gasteiger partial charge in [0.2, 0.25) is 5.91 Å². The molecule has 148 valence electrons. The van der Waals surface area contributed by atoms with Gasteiger partial charge in [0, 0.05) is 30.5 Å². The Morgan fingerprint density at radius 3 is 2.89 bits per heavy atom. The van der Waals surface area contributed by atoms with Crippen molar-refractivity contribution in [3.05, 3.63) is 47.9 Å². The van der Waals surface area contributed by atoms with E-state index in [-0.39, 0.29) is 11.7 Å². The van der Waals surface area contributed by atoms with Gasteiger partial charge < -0.3 is 15.3 Å². The SMILES string of the molecule is C=C/C(Cc1cc(NC(=O)CCCN2CCCCC2)n[nH]1)=C(O)\C=C/CCl. The minimum Gasteiger partial charge on any atom is -0.508 e. The van der Waals surface area contributed by atoms with Gasteiger partial charge in [-0.05, 0) is 50.5 Å². The predicted molar refractivity (Wildman–Crippen MR) is 110 cm³/mol. The van der Waals surface area contributed by atoms with Gasteiger partial charge in [-0.25, -0.2) is 0 Å². The summed E-state index contributed by atoms with van der Waals surface area (Å²) >= 11 is 5.58. The molecule has 6 nitrogen and oxygen atoms in total. The summed E-state index contributed by atoms with van der Waals surface area (Å²) < 4.78 is 0. The molecule has 0 saturated carbocycles. The van der Waals surface area contributed by atoms with Gasteiger partial charge in [-0.1, -0.05) is 25.2 Å². The molecule has 0 aliphatic carbocycles. The van der Waals surface area contributed by atoms with Crippen molar-refractivity contribution in [2.75, 3.05) is 30.8 Å². The van der Waals surface area contributed by atoms with Crippen molar-refractivity contribution in [2.24, 2.45) is 0 Å². The number of nitrogens with one attached hydrogen (secondary N) is 2. The summed E-state index contributed by atoms with van der Waals surface area (Å²) in [6.07, 6.45) is 10.4. The minimum atomic E-state index is -0.0301. The number of aliphatic hydroxyl groups excluding tert-OH is 1. The van der Waals surface area contributed by atoms with Gasteiger partial charge in [0.15, 0.2) is 5.82 Å². The lowest BCUT2D eigenvalue weighted by Gasteiger charge is -2.26. The van der Waals surface area contributed by atoms with Crippen molar-refractivity contribution >= 4 is 23.3 Å². The number of aromatic nitrogens is 2. The Morgan fingerprint density at radius 1 is 1.41 bits per heavy atom. The molecule has 1 aliphatic rings. The van der Waals surface area contributed by atoms with Crippen LogP contribution in [0.15, 0.2) is 42.2 Å². The van der Waals surface area contributed by atoms with Gasteiger partial charge in [-0.15, -0.1) is 11.6 Å². The van der Waals surface area contributed by atoms with Gasteiger partial charge in [0.25, 0.3) is 0 Å². The average Bonchev–Trinajstić information content (AvgIpc) is 3.11. The highest BCUT2D eigenvalue weighted by molar-refractivity contribution is 6.18. The Labute approximate surface area is 166 Å². The molecular formula is C20H29ClN4O2. The van der Waals surface area contributed by atoms with Crippen molar-refractivity contribution < 1.29 is 9.90 Å². The van der Waals surface area contributed by atoms with E-state index in [1.54, 1.807) is 24.3 Å². The molecule has 0 unspecified atom stereocenters.